The number of benzene rings is 4. The molecule has 0 bridgehead atoms. The van der Waals surface area contributed by atoms with E-state index in [1.54, 1.807) is 0 Å². The molecule has 0 fully saturated rings. The van der Waals surface area contributed by atoms with Gasteiger partial charge in [-0.2, -0.15) is 0 Å². The molecule has 8 N–H and O–H groups in total. The molecule has 0 spiro atoms. The smallest absolute Gasteiger partial charge is 0.0316 e. The summed E-state index contributed by atoms with van der Waals surface area (Å²) in [5, 5.41) is 0. The molecule has 34 heavy (non-hydrogen) atoms. The van der Waals surface area contributed by atoms with Gasteiger partial charge in [-0.05, 0) is 109 Å². The second-order valence-electron chi connectivity index (χ2n) is 8.21. The minimum atomic E-state index is 0. The van der Waals surface area contributed by atoms with Crippen molar-refractivity contribution in [2.75, 3.05) is 22.9 Å². The number of hydrogen-bond donors (Lipinski definition) is 4. The molecule has 0 unspecified atom stereocenters. The van der Waals surface area contributed by atoms with Crippen LogP contribution >= 0.6 is 0 Å². The Bertz CT molecular complexity index is 1070. The zero-order chi connectivity index (χ0) is 23.1. The van der Waals surface area contributed by atoms with Gasteiger partial charge < -0.3 is 22.9 Å². The largest absolute Gasteiger partial charge is 0.399 e. The van der Waals surface area contributed by atoms with Crippen LogP contribution in [0.1, 0.15) is 48.2 Å². The fourth-order valence-corrected chi connectivity index (χ4v) is 3.55. The van der Waals surface area contributed by atoms with Crippen LogP contribution in [0.15, 0.2) is 84.9 Å². The Labute approximate surface area is 205 Å². The van der Waals surface area contributed by atoms with E-state index in [-0.39, 0.29) is 14.9 Å². The van der Waals surface area contributed by atoms with Crippen LogP contribution in [0.3, 0.4) is 0 Å². The van der Waals surface area contributed by atoms with E-state index in [4.69, 9.17) is 22.9 Å². The summed E-state index contributed by atoms with van der Waals surface area (Å²) < 4.78 is 0. The van der Waals surface area contributed by atoms with Crippen molar-refractivity contribution in [3.8, 4) is 0 Å². The summed E-state index contributed by atoms with van der Waals surface area (Å²) in [5.74, 6) is 0. The van der Waals surface area contributed by atoms with Crippen LogP contribution in [0, 0.1) is 13.8 Å². The summed E-state index contributed by atoms with van der Waals surface area (Å²) in [7, 11) is 0. The van der Waals surface area contributed by atoms with E-state index in [0.29, 0.717) is 0 Å². The molecule has 4 rings (SSSR count). The van der Waals surface area contributed by atoms with E-state index >= 15 is 0 Å². The van der Waals surface area contributed by atoms with Crippen LogP contribution in [-0.2, 0) is 12.8 Å². The number of hydrogen-bond acceptors (Lipinski definition) is 4. The summed E-state index contributed by atoms with van der Waals surface area (Å²) in [4.78, 5) is 0. The van der Waals surface area contributed by atoms with E-state index in [2.05, 4.69) is 26.0 Å². The van der Waals surface area contributed by atoms with Crippen molar-refractivity contribution in [2.45, 2.75) is 41.5 Å². The SMILES string of the molecule is C.C.Cc1cc(N)ccc1Cc1ccc(N)cc1C.Nc1ccc(Cc2ccc(N)cc2)cc1. The second kappa shape index (κ2) is 12.9. The molecule has 0 atom stereocenters. The molecule has 0 amide bonds. The summed E-state index contributed by atoms with van der Waals surface area (Å²) in [6.07, 6.45) is 1.85. The fraction of sp³-hybridized carbons (Fsp3) is 0.200. The van der Waals surface area contributed by atoms with Gasteiger partial charge in [0, 0.05) is 22.7 Å². The number of aryl methyl sites for hydroxylation is 2. The summed E-state index contributed by atoms with van der Waals surface area (Å²) in [6, 6.07) is 28.0. The zero-order valence-corrected chi connectivity index (χ0v) is 18.8. The Morgan fingerprint density at radius 3 is 1.09 bits per heavy atom. The molecule has 0 aliphatic heterocycles. The van der Waals surface area contributed by atoms with Gasteiger partial charge in [-0.25, -0.2) is 0 Å². The van der Waals surface area contributed by atoms with Crippen molar-refractivity contribution in [1.29, 1.82) is 0 Å². The lowest BCUT2D eigenvalue weighted by Gasteiger charge is -2.10. The third kappa shape index (κ3) is 8.21. The monoisotopic (exact) mass is 456 g/mol. The molecule has 180 valence electrons. The lowest BCUT2D eigenvalue weighted by atomic mass is 9.97. The molecule has 4 aromatic carbocycles. The molecule has 4 nitrogen and oxygen atoms in total. The number of anilines is 4. The normalized spacial score (nSPS) is 9.71. The van der Waals surface area contributed by atoms with Crippen LogP contribution < -0.4 is 22.9 Å². The minimum Gasteiger partial charge on any atom is -0.399 e. The Balaban J connectivity index is 0.000000323. The number of nitrogens with two attached hydrogens (primary N) is 4. The maximum Gasteiger partial charge on any atom is 0.0316 e. The molecule has 0 heterocycles. The third-order valence-electron chi connectivity index (χ3n) is 5.48. The van der Waals surface area contributed by atoms with E-state index in [1.807, 2.05) is 72.8 Å². The topological polar surface area (TPSA) is 104 Å². The lowest BCUT2D eigenvalue weighted by molar-refractivity contribution is 1.13. The highest BCUT2D eigenvalue weighted by atomic mass is 14.5. The quantitative estimate of drug-likeness (QED) is 0.254. The average molecular weight is 457 g/mol. The van der Waals surface area contributed by atoms with Gasteiger partial charge in [0.05, 0.1) is 0 Å². The molecule has 4 heteroatoms. The van der Waals surface area contributed by atoms with Gasteiger partial charge in [-0.3, -0.25) is 0 Å². The third-order valence-corrected chi connectivity index (χ3v) is 5.48. The molecular weight excluding hydrogens is 416 g/mol. The molecule has 0 radical (unpaired) electrons. The first-order valence-electron chi connectivity index (χ1n) is 10.7. The molecule has 0 aliphatic rings. The molecule has 0 saturated heterocycles. The van der Waals surface area contributed by atoms with E-state index < -0.39 is 0 Å². The van der Waals surface area contributed by atoms with Crippen LogP contribution in [0.5, 0.6) is 0 Å². The molecule has 0 saturated carbocycles. The van der Waals surface area contributed by atoms with Crippen LogP contribution in [0.25, 0.3) is 0 Å². The molecular formula is C30H40N4. The second-order valence-corrected chi connectivity index (χ2v) is 8.21. The Hall–Kier alpha value is -3.92. The predicted molar refractivity (Wildman–Crippen MR) is 152 cm³/mol. The maximum absolute atomic E-state index is 5.75. The predicted octanol–water partition coefficient (Wildman–Crippen LogP) is 6.77. The van der Waals surface area contributed by atoms with E-state index in [1.165, 1.54) is 33.4 Å². The summed E-state index contributed by atoms with van der Waals surface area (Å²) in [6.45, 7) is 4.19. The number of rotatable bonds is 4. The molecule has 4 aromatic rings. The highest BCUT2D eigenvalue weighted by molar-refractivity contribution is 5.49. The van der Waals surface area contributed by atoms with Crippen molar-refractivity contribution < 1.29 is 0 Å². The zero-order valence-electron chi connectivity index (χ0n) is 18.8. The van der Waals surface area contributed by atoms with Crippen LogP contribution in [0.4, 0.5) is 22.7 Å². The highest BCUT2D eigenvalue weighted by Crippen LogP contribution is 2.20. The van der Waals surface area contributed by atoms with E-state index in [9.17, 15) is 0 Å². The van der Waals surface area contributed by atoms with Crippen molar-refractivity contribution in [1.82, 2.24) is 0 Å². The van der Waals surface area contributed by atoms with Gasteiger partial charge in [-0.15, -0.1) is 0 Å². The van der Waals surface area contributed by atoms with Crippen LogP contribution in [0.2, 0.25) is 0 Å². The van der Waals surface area contributed by atoms with Gasteiger partial charge in [0.15, 0.2) is 0 Å². The van der Waals surface area contributed by atoms with Gasteiger partial charge in [-0.1, -0.05) is 51.3 Å². The van der Waals surface area contributed by atoms with Crippen molar-refractivity contribution in [2.24, 2.45) is 0 Å². The molecule has 0 aliphatic carbocycles. The Kier molecular flexibility index (Phi) is 10.7. The van der Waals surface area contributed by atoms with Gasteiger partial charge >= 0.3 is 0 Å². The fourth-order valence-electron chi connectivity index (χ4n) is 3.55. The van der Waals surface area contributed by atoms with Crippen molar-refractivity contribution in [3.05, 3.63) is 118 Å². The summed E-state index contributed by atoms with van der Waals surface area (Å²) in [5.41, 5.74) is 33.6. The lowest BCUT2D eigenvalue weighted by Crippen LogP contribution is -1.97. The van der Waals surface area contributed by atoms with Gasteiger partial charge in [0.25, 0.3) is 0 Å². The Morgan fingerprint density at radius 2 is 0.765 bits per heavy atom. The first kappa shape index (κ1) is 28.1. The van der Waals surface area contributed by atoms with Gasteiger partial charge in [0.2, 0.25) is 0 Å². The minimum absolute atomic E-state index is 0. The van der Waals surface area contributed by atoms with Crippen molar-refractivity contribution >= 4 is 22.7 Å². The Morgan fingerprint density at radius 1 is 0.441 bits per heavy atom. The standard InChI is InChI=1S/C15H18N2.C13H14N2.2CH4/c1-10-7-14(16)5-3-12(10)9-13-4-6-15(17)8-11(13)2;14-12-5-1-10(2-6-12)9-11-3-7-13(15)8-4-11;;/h3-8H,9,16-17H2,1-2H3;1-8H,9,14-15H2;2*1H4. The molecule has 0 aromatic heterocycles. The summed E-state index contributed by atoms with van der Waals surface area (Å²) >= 11 is 0. The van der Waals surface area contributed by atoms with Crippen LogP contribution in [-0.4, -0.2) is 0 Å². The van der Waals surface area contributed by atoms with Gasteiger partial charge in [0.1, 0.15) is 0 Å². The average Bonchev–Trinajstić information content (AvgIpc) is 2.75. The first-order chi connectivity index (χ1) is 15.3. The highest BCUT2D eigenvalue weighted by Gasteiger charge is 2.04. The van der Waals surface area contributed by atoms with Crippen molar-refractivity contribution in [3.63, 3.8) is 0 Å². The number of nitrogen functional groups attached to an aromatic ring is 4. The maximum atomic E-state index is 5.75. The van der Waals surface area contributed by atoms with E-state index in [0.717, 1.165) is 35.6 Å². The first-order valence-corrected chi connectivity index (χ1v) is 10.7.